The predicted octanol–water partition coefficient (Wildman–Crippen LogP) is 3.88. The van der Waals surface area contributed by atoms with Gasteiger partial charge in [-0.15, -0.1) is 0 Å². The van der Waals surface area contributed by atoms with Crippen molar-refractivity contribution in [2.24, 2.45) is 5.92 Å². The standard InChI is InChI=1S/C16H22ClNO3/c1-11(2)10-21-15-6-5-12(8-14(15)17)18-16(19)9-13-4-3-7-20-13/h5-6,8,11,13H,3-4,7,9-10H2,1-2H3,(H,18,19). The van der Waals surface area contributed by atoms with Crippen LogP contribution in [0.4, 0.5) is 5.69 Å². The summed E-state index contributed by atoms with van der Waals surface area (Å²) in [5.41, 5.74) is 0.680. The highest BCUT2D eigenvalue weighted by Crippen LogP contribution is 2.28. The van der Waals surface area contributed by atoms with E-state index in [2.05, 4.69) is 19.2 Å². The second-order valence-electron chi connectivity index (χ2n) is 5.74. The van der Waals surface area contributed by atoms with E-state index in [4.69, 9.17) is 21.1 Å². The van der Waals surface area contributed by atoms with Crippen molar-refractivity contribution in [3.8, 4) is 5.75 Å². The Labute approximate surface area is 130 Å². The maximum Gasteiger partial charge on any atom is 0.226 e. The van der Waals surface area contributed by atoms with Gasteiger partial charge in [-0.2, -0.15) is 0 Å². The van der Waals surface area contributed by atoms with E-state index >= 15 is 0 Å². The molecule has 0 bridgehead atoms. The van der Waals surface area contributed by atoms with E-state index in [-0.39, 0.29) is 12.0 Å². The van der Waals surface area contributed by atoms with E-state index in [0.717, 1.165) is 19.4 Å². The summed E-state index contributed by atoms with van der Waals surface area (Å²) in [6, 6.07) is 5.30. The lowest BCUT2D eigenvalue weighted by Gasteiger charge is -2.13. The van der Waals surface area contributed by atoms with Crippen LogP contribution < -0.4 is 10.1 Å². The Kier molecular flexibility index (Phi) is 5.88. The summed E-state index contributed by atoms with van der Waals surface area (Å²) in [7, 11) is 0. The lowest BCUT2D eigenvalue weighted by Crippen LogP contribution is -2.19. The average molecular weight is 312 g/mol. The number of benzene rings is 1. The van der Waals surface area contributed by atoms with Gasteiger partial charge in [-0.05, 0) is 37.0 Å². The zero-order valence-electron chi connectivity index (χ0n) is 12.5. The molecule has 0 saturated carbocycles. The Bertz CT molecular complexity index is 484. The zero-order valence-corrected chi connectivity index (χ0v) is 13.3. The van der Waals surface area contributed by atoms with Crippen molar-refractivity contribution in [1.29, 1.82) is 0 Å². The maximum atomic E-state index is 11.9. The van der Waals surface area contributed by atoms with Crippen molar-refractivity contribution < 1.29 is 14.3 Å². The van der Waals surface area contributed by atoms with Gasteiger partial charge in [-0.1, -0.05) is 25.4 Å². The number of hydrogen-bond donors (Lipinski definition) is 1. The van der Waals surface area contributed by atoms with Crippen LogP contribution in [0, 0.1) is 5.92 Å². The van der Waals surface area contributed by atoms with Gasteiger partial charge in [0.15, 0.2) is 0 Å². The lowest BCUT2D eigenvalue weighted by molar-refractivity contribution is -0.118. The smallest absolute Gasteiger partial charge is 0.226 e. The van der Waals surface area contributed by atoms with Gasteiger partial charge in [0.05, 0.1) is 24.2 Å². The Morgan fingerprint density at radius 3 is 2.95 bits per heavy atom. The highest BCUT2D eigenvalue weighted by Gasteiger charge is 2.19. The fourth-order valence-electron chi connectivity index (χ4n) is 2.18. The molecule has 1 aliphatic rings. The van der Waals surface area contributed by atoms with Crippen molar-refractivity contribution in [3.05, 3.63) is 23.2 Å². The van der Waals surface area contributed by atoms with Gasteiger partial charge in [-0.25, -0.2) is 0 Å². The largest absolute Gasteiger partial charge is 0.492 e. The van der Waals surface area contributed by atoms with Gasteiger partial charge in [0.2, 0.25) is 5.91 Å². The highest BCUT2D eigenvalue weighted by atomic mass is 35.5. The molecule has 1 atom stereocenters. The minimum atomic E-state index is -0.0474. The topological polar surface area (TPSA) is 47.6 Å². The number of rotatable bonds is 6. The first-order valence-electron chi connectivity index (χ1n) is 7.38. The van der Waals surface area contributed by atoms with Gasteiger partial charge in [0.1, 0.15) is 5.75 Å². The van der Waals surface area contributed by atoms with Crippen LogP contribution in [0.3, 0.4) is 0 Å². The fourth-order valence-corrected chi connectivity index (χ4v) is 2.41. The summed E-state index contributed by atoms with van der Waals surface area (Å²) in [4.78, 5) is 11.9. The van der Waals surface area contributed by atoms with Crippen molar-refractivity contribution >= 4 is 23.2 Å². The van der Waals surface area contributed by atoms with Gasteiger partial charge in [0.25, 0.3) is 0 Å². The molecule has 1 aliphatic heterocycles. The van der Waals surface area contributed by atoms with Crippen LogP contribution in [0.5, 0.6) is 5.75 Å². The number of carbonyl (C=O) groups excluding carboxylic acids is 1. The number of anilines is 1. The van der Waals surface area contributed by atoms with Crippen molar-refractivity contribution in [3.63, 3.8) is 0 Å². The number of nitrogens with one attached hydrogen (secondary N) is 1. The number of ether oxygens (including phenoxy) is 2. The number of hydrogen-bond acceptors (Lipinski definition) is 3. The van der Waals surface area contributed by atoms with E-state index in [0.29, 0.717) is 35.4 Å². The molecule has 21 heavy (non-hydrogen) atoms. The third kappa shape index (κ3) is 5.21. The Morgan fingerprint density at radius 1 is 1.52 bits per heavy atom. The van der Waals surface area contributed by atoms with Crippen LogP contribution >= 0.6 is 11.6 Å². The molecule has 0 aromatic heterocycles. The monoisotopic (exact) mass is 311 g/mol. The first-order chi connectivity index (χ1) is 10.0. The average Bonchev–Trinajstić information content (AvgIpc) is 2.90. The van der Waals surface area contributed by atoms with E-state index < -0.39 is 0 Å². The van der Waals surface area contributed by atoms with Crippen LogP contribution in [0.25, 0.3) is 0 Å². The minimum Gasteiger partial charge on any atom is -0.492 e. The third-order valence-electron chi connectivity index (χ3n) is 3.22. The highest BCUT2D eigenvalue weighted by molar-refractivity contribution is 6.32. The summed E-state index contributed by atoms with van der Waals surface area (Å²) in [6.45, 7) is 5.53. The molecule has 1 unspecified atom stereocenters. The van der Waals surface area contributed by atoms with Crippen LogP contribution in [-0.4, -0.2) is 25.2 Å². The van der Waals surface area contributed by atoms with Crippen LogP contribution in [0.1, 0.15) is 33.1 Å². The molecular weight excluding hydrogens is 290 g/mol. The Balaban J connectivity index is 1.88. The maximum absolute atomic E-state index is 11.9. The first-order valence-corrected chi connectivity index (χ1v) is 7.76. The molecule has 0 spiro atoms. The zero-order chi connectivity index (χ0) is 15.2. The van der Waals surface area contributed by atoms with Crippen molar-refractivity contribution in [2.45, 2.75) is 39.2 Å². The molecule has 1 amide bonds. The quantitative estimate of drug-likeness (QED) is 0.867. The van der Waals surface area contributed by atoms with Gasteiger partial charge in [0, 0.05) is 12.3 Å². The molecule has 0 aliphatic carbocycles. The van der Waals surface area contributed by atoms with Crippen molar-refractivity contribution in [1.82, 2.24) is 0 Å². The summed E-state index contributed by atoms with van der Waals surface area (Å²) in [5, 5.41) is 3.35. The molecule has 1 saturated heterocycles. The molecule has 1 aromatic rings. The van der Waals surface area contributed by atoms with E-state index in [9.17, 15) is 4.79 Å². The summed E-state index contributed by atoms with van der Waals surface area (Å²) >= 11 is 6.17. The molecule has 1 N–H and O–H groups in total. The second kappa shape index (κ2) is 7.66. The van der Waals surface area contributed by atoms with E-state index in [1.54, 1.807) is 18.2 Å². The number of carbonyl (C=O) groups is 1. The predicted molar refractivity (Wildman–Crippen MR) is 84.0 cm³/mol. The lowest BCUT2D eigenvalue weighted by atomic mass is 10.1. The molecule has 0 radical (unpaired) electrons. The fraction of sp³-hybridized carbons (Fsp3) is 0.562. The van der Waals surface area contributed by atoms with Gasteiger partial charge in [-0.3, -0.25) is 4.79 Å². The summed E-state index contributed by atoms with van der Waals surface area (Å²) < 4.78 is 11.1. The second-order valence-corrected chi connectivity index (χ2v) is 6.14. The Hall–Kier alpha value is -1.26. The minimum absolute atomic E-state index is 0.0474. The molecule has 1 aromatic carbocycles. The molecule has 4 nitrogen and oxygen atoms in total. The van der Waals surface area contributed by atoms with Crippen LogP contribution in [0.2, 0.25) is 5.02 Å². The SMILES string of the molecule is CC(C)COc1ccc(NC(=O)CC2CCCO2)cc1Cl. The molecular formula is C16H22ClNO3. The van der Waals surface area contributed by atoms with E-state index in [1.165, 1.54) is 0 Å². The summed E-state index contributed by atoms with van der Waals surface area (Å²) in [6.07, 6.45) is 2.43. The van der Waals surface area contributed by atoms with Crippen molar-refractivity contribution in [2.75, 3.05) is 18.5 Å². The van der Waals surface area contributed by atoms with Gasteiger partial charge >= 0.3 is 0 Å². The number of amides is 1. The number of halogens is 1. The molecule has 2 rings (SSSR count). The van der Waals surface area contributed by atoms with Crippen LogP contribution in [0.15, 0.2) is 18.2 Å². The third-order valence-corrected chi connectivity index (χ3v) is 3.52. The van der Waals surface area contributed by atoms with E-state index in [1.807, 2.05) is 0 Å². The molecule has 1 heterocycles. The first kappa shape index (κ1) is 16.1. The normalized spacial score (nSPS) is 18.0. The molecule has 1 fully saturated rings. The Morgan fingerprint density at radius 2 is 2.33 bits per heavy atom. The van der Waals surface area contributed by atoms with Gasteiger partial charge < -0.3 is 14.8 Å². The molecule has 5 heteroatoms. The van der Waals surface area contributed by atoms with Crippen LogP contribution in [-0.2, 0) is 9.53 Å². The molecule has 116 valence electrons. The summed E-state index contributed by atoms with van der Waals surface area (Å²) in [5.74, 6) is 1.03.